The summed E-state index contributed by atoms with van der Waals surface area (Å²) in [6, 6.07) is 5.30. The number of nitrogens with zero attached hydrogens (tertiary/aromatic N) is 1. The summed E-state index contributed by atoms with van der Waals surface area (Å²) in [7, 11) is 0. The third kappa shape index (κ3) is 8.01. The molecule has 1 saturated heterocycles. The number of alkyl halides is 3. The Balaban J connectivity index is 0.000000516. The number of aromatic nitrogens is 1. The first-order valence-electron chi connectivity index (χ1n) is 8.06. The topological polar surface area (TPSA) is 157 Å². The van der Waals surface area contributed by atoms with Crippen LogP contribution in [-0.4, -0.2) is 64.3 Å². The third-order valence-electron chi connectivity index (χ3n) is 3.55. The van der Waals surface area contributed by atoms with Gasteiger partial charge in [-0.2, -0.15) is 17.7 Å². The smallest absolute Gasteiger partial charge is 0.430 e. The zero-order valence-corrected chi connectivity index (χ0v) is 14.7. The molecule has 1 aliphatic heterocycles. The summed E-state index contributed by atoms with van der Waals surface area (Å²) in [4.78, 5) is 30.5. The Morgan fingerprint density at radius 2 is 1.62 bits per heavy atom. The molecule has 2 heterocycles. The Morgan fingerprint density at radius 3 is 2.10 bits per heavy atom. The number of carboxylic acids is 2. The van der Waals surface area contributed by atoms with Gasteiger partial charge in [-0.05, 0) is 0 Å². The van der Waals surface area contributed by atoms with Crippen molar-refractivity contribution in [1.82, 2.24) is 0 Å². The number of rotatable bonds is 6. The fourth-order valence-corrected chi connectivity index (χ4v) is 2.15. The summed E-state index contributed by atoms with van der Waals surface area (Å²) in [6.07, 6.45) is -6.42. The van der Waals surface area contributed by atoms with Gasteiger partial charge in [0.25, 0.3) is 6.23 Å². The number of hydrogen-bond donors (Lipinski definition) is 3. The van der Waals surface area contributed by atoms with Gasteiger partial charge >= 0.3 is 18.1 Å². The number of carboxylic acid groups (broad SMARTS) is 2. The lowest BCUT2D eigenvalue weighted by Gasteiger charge is -2.13. The predicted octanol–water partition coefficient (Wildman–Crippen LogP) is -1.70. The van der Waals surface area contributed by atoms with Gasteiger partial charge in [0.05, 0.1) is 12.8 Å². The van der Waals surface area contributed by atoms with Crippen molar-refractivity contribution in [1.29, 1.82) is 0 Å². The van der Waals surface area contributed by atoms with Crippen molar-refractivity contribution in [2.45, 2.75) is 43.6 Å². The van der Waals surface area contributed by atoms with Crippen LogP contribution in [-0.2, 0) is 23.9 Å². The molecule has 4 atom stereocenters. The lowest BCUT2D eigenvalue weighted by molar-refractivity contribution is -0.765. The maximum absolute atomic E-state index is 11.4. The summed E-state index contributed by atoms with van der Waals surface area (Å²) in [5.41, 5.74) is 0. The molecular formula is C16H18F3NO9. The van der Waals surface area contributed by atoms with Crippen molar-refractivity contribution < 1.29 is 62.0 Å². The number of ether oxygens (including phenoxy) is 2. The number of pyridine rings is 1. The summed E-state index contributed by atoms with van der Waals surface area (Å²) in [5.74, 6) is -4.79. The van der Waals surface area contributed by atoms with Gasteiger partial charge < -0.3 is 34.7 Å². The highest BCUT2D eigenvalue weighted by atomic mass is 19.4. The Bertz CT molecular complexity index is 699. The van der Waals surface area contributed by atoms with Crippen LogP contribution in [0.5, 0.6) is 0 Å². The lowest BCUT2D eigenvalue weighted by Crippen LogP contribution is -2.45. The molecule has 2 rings (SSSR count). The number of aliphatic carboxylic acids is 2. The maximum Gasteiger partial charge on any atom is 0.430 e. The van der Waals surface area contributed by atoms with Crippen molar-refractivity contribution in [3.8, 4) is 0 Å². The molecule has 1 aromatic rings. The summed E-state index contributed by atoms with van der Waals surface area (Å²) in [6.45, 7) is -0.249. The molecular weight excluding hydrogens is 407 g/mol. The Morgan fingerprint density at radius 1 is 1.07 bits per heavy atom. The quantitative estimate of drug-likeness (QED) is 0.357. The molecule has 0 unspecified atom stereocenters. The van der Waals surface area contributed by atoms with E-state index in [1.165, 1.54) is 0 Å². The molecule has 0 aromatic carbocycles. The van der Waals surface area contributed by atoms with Gasteiger partial charge in [0.2, 0.25) is 0 Å². The van der Waals surface area contributed by atoms with Crippen molar-refractivity contribution in [2.24, 2.45) is 0 Å². The summed E-state index contributed by atoms with van der Waals surface area (Å²) in [5, 5.41) is 37.2. The summed E-state index contributed by atoms with van der Waals surface area (Å²) < 4.78 is 43.5. The first-order valence-corrected chi connectivity index (χ1v) is 8.06. The molecule has 1 fully saturated rings. The highest BCUT2D eigenvalue weighted by molar-refractivity contribution is 5.76. The highest BCUT2D eigenvalue weighted by Gasteiger charge is 2.48. The molecule has 0 bridgehead atoms. The van der Waals surface area contributed by atoms with Gasteiger partial charge in [0.15, 0.2) is 18.5 Å². The van der Waals surface area contributed by atoms with Gasteiger partial charge in [-0.1, -0.05) is 6.07 Å². The zero-order chi connectivity index (χ0) is 22.2. The fraction of sp³-hybridized carbons (Fsp3) is 0.500. The number of esters is 1. The second-order valence-electron chi connectivity index (χ2n) is 5.73. The van der Waals surface area contributed by atoms with E-state index in [1.54, 1.807) is 35.2 Å². The maximum atomic E-state index is 11.4. The van der Waals surface area contributed by atoms with Crippen LogP contribution >= 0.6 is 0 Å². The van der Waals surface area contributed by atoms with Crippen LogP contribution in [0, 0.1) is 0 Å². The van der Waals surface area contributed by atoms with Crippen LogP contribution in [0.25, 0.3) is 0 Å². The average Bonchev–Trinajstić information content (AvgIpc) is 2.93. The second-order valence-corrected chi connectivity index (χ2v) is 5.73. The molecule has 0 aliphatic carbocycles. The average molecular weight is 425 g/mol. The number of carbonyl (C=O) groups excluding carboxylic acids is 2. The molecule has 0 radical (unpaired) electrons. The molecule has 0 amide bonds. The molecule has 3 N–H and O–H groups in total. The Kier molecular flexibility index (Phi) is 8.94. The van der Waals surface area contributed by atoms with Crippen LogP contribution in [0.15, 0.2) is 30.6 Å². The molecule has 29 heavy (non-hydrogen) atoms. The van der Waals surface area contributed by atoms with Gasteiger partial charge in [0.1, 0.15) is 24.8 Å². The minimum atomic E-state index is -5.19. The molecule has 162 valence electrons. The van der Waals surface area contributed by atoms with Gasteiger partial charge in [-0.3, -0.25) is 9.59 Å². The Labute approximate surface area is 161 Å². The molecule has 10 nitrogen and oxygen atoms in total. The number of halogens is 3. The lowest BCUT2D eigenvalue weighted by atomic mass is 10.1. The first-order chi connectivity index (χ1) is 13.4. The first kappa shape index (κ1) is 24.3. The van der Waals surface area contributed by atoms with E-state index in [0.717, 1.165) is 0 Å². The van der Waals surface area contributed by atoms with E-state index in [2.05, 4.69) is 0 Å². The van der Waals surface area contributed by atoms with Gasteiger partial charge in [0, 0.05) is 12.1 Å². The summed E-state index contributed by atoms with van der Waals surface area (Å²) >= 11 is 0. The van der Waals surface area contributed by atoms with Crippen molar-refractivity contribution in [3.05, 3.63) is 30.6 Å². The number of aliphatic hydroxyl groups excluding tert-OH is 2. The molecule has 0 spiro atoms. The number of carbonyl (C=O) groups is 3. The van der Waals surface area contributed by atoms with E-state index in [-0.39, 0.29) is 19.4 Å². The monoisotopic (exact) mass is 425 g/mol. The zero-order valence-electron chi connectivity index (χ0n) is 14.7. The van der Waals surface area contributed by atoms with E-state index in [0.29, 0.717) is 0 Å². The van der Waals surface area contributed by atoms with Crippen LogP contribution in [0.2, 0.25) is 0 Å². The van der Waals surface area contributed by atoms with E-state index >= 15 is 0 Å². The van der Waals surface area contributed by atoms with Crippen molar-refractivity contribution in [2.75, 3.05) is 6.61 Å². The minimum absolute atomic E-state index is 0.249. The predicted molar refractivity (Wildman–Crippen MR) is 81.5 cm³/mol. The Hall–Kier alpha value is -2.77. The number of aliphatic hydroxyl groups is 2. The van der Waals surface area contributed by atoms with Crippen molar-refractivity contribution >= 4 is 17.9 Å². The normalized spacial score (nSPS) is 23.6. The van der Waals surface area contributed by atoms with Gasteiger partial charge in [-0.15, -0.1) is 0 Å². The van der Waals surface area contributed by atoms with Crippen LogP contribution in [0.1, 0.15) is 19.1 Å². The van der Waals surface area contributed by atoms with Crippen LogP contribution in [0.3, 0.4) is 0 Å². The van der Waals surface area contributed by atoms with Crippen molar-refractivity contribution in [3.63, 3.8) is 0 Å². The van der Waals surface area contributed by atoms with Gasteiger partial charge in [-0.25, -0.2) is 0 Å². The largest absolute Gasteiger partial charge is 0.542 e. The standard InChI is InChI=1S/C14H17NO7.C2HF3O2/c16-10(17)4-5-11(18)21-8-9-12(19)13(20)14(22-9)15-6-2-1-3-7-15;3-2(4,5)1(6)7/h1-3,6-7,9,12-14,19-20H,4-5,8H2;(H,6,7)/t9-,12-,13-,14-;/m1./s1. The molecule has 1 aromatic heterocycles. The number of hydrogen-bond acceptors (Lipinski definition) is 8. The van der Waals surface area contributed by atoms with E-state index in [9.17, 15) is 33.0 Å². The van der Waals surface area contributed by atoms with E-state index in [4.69, 9.17) is 24.5 Å². The fourth-order valence-electron chi connectivity index (χ4n) is 2.15. The van der Waals surface area contributed by atoms with Crippen LogP contribution < -0.4 is 9.67 Å². The van der Waals surface area contributed by atoms with Crippen LogP contribution in [0.4, 0.5) is 13.2 Å². The van der Waals surface area contributed by atoms with E-state index in [1.807, 2.05) is 0 Å². The molecule has 1 aliphatic rings. The molecule has 0 saturated carbocycles. The highest BCUT2D eigenvalue weighted by Crippen LogP contribution is 2.25. The molecule has 13 heteroatoms. The SMILES string of the molecule is O=C(O)CCC(=O)OC[C@H]1O[C@@H]([n+]2ccccc2)[C@H](O)[C@@H]1O.O=C([O-])C(F)(F)F. The minimum Gasteiger partial charge on any atom is -0.542 e. The second kappa shape index (κ2) is 10.7. The third-order valence-corrected chi connectivity index (χ3v) is 3.55. The van der Waals surface area contributed by atoms with E-state index < -0.39 is 48.6 Å².